The summed E-state index contributed by atoms with van der Waals surface area (Å²) in [4.78, 5) is 11.8. The molecular formula is C18H24N4O2S. The Balaban J connectivity index is 1.58. The van der Waals surface area contributed by atoms with Crippen LogP contribution in [-0.4, -0.2) is 39.1 Å². The van der Waals surface area contributed by atoms with Crippen LogP contribution in [-0.2, 0) is 11.8 Å². The number of hydrogen-bond donors (Lipinski definition) is 1. The molecule has 0 radical (unpaired) electrons. The summed E-state index contributed by atoms with van der Waals surface area (Å²) in [5, 5.41) is 12.2. The number of rotatable bonds is 9. The van der Waals surface area contributed by atoms with Crippen LogP contribution in [0.25, 0.3) is 11.4 Å². The van der Waals surface area contributed by atoms with E-state index in [0.717, 1.165) is 54.6 Å². The van der Waals surface area contributed by atoms with Crippen molar-refractivity contribution in [3.05, 3.63) is 24.3 Å². The highest BCUT2D eigenvalue weighted by Gasteiger charge is 2.23. The maximum absolute atomic E-state index is 11.8. The number of aromatic nitrogens is 3. The number of hydrogen-bond acceptors (Lipinski definition) is 5. The van der Waals surface area contributed by atoms with Crippen molar-refractivity contribution in [1.29, 1.82) is 0 Å². The minimum Gasteiger partial charge on any atom is -0.494 e. The van der Waals surface area contributed by atoms with E-state index >= 15 is 0 Å². The molecule has 134 valence electrons. The van der Waals surface area contributed by atoms with E-state index in [4.69, 9.17) is 4.74 Å². The van der Waals surface area contributed by atoms with E-state index in [9.17, 15) is 4.79 Å². The van der Waals surface area contributed by atoms with Crippen molar-refractivity contribution in [2.24, 2.45) is 7.05 Å². The van der Waals surface area contributed by atoms with Crippen molar-refractivity contribution in [3.8, 4) is 17.1 Å². The van der Waals surface area contributed by atoms with Gasteiger partial charge in [-0.2, -0.15) is 0 Å². The molecule has 1 N–H and O–H groups in total. The molecule has 7 heteroatoms. The second-order valence-corrected chi connectivity index (χ2v) is 7.16. The Morgan fingerprint density at radius 1 is 1.32 bits per heavy atom. The van der Waals surface area contributed by atoms with E-state index in [2.05, 4.69) is 22.4 Å². The SMILES string of the molecule is CCCCOc1ccc(-c2nnc(SCC(=O)NC3CC3)n2C)cc1. The van der Waals surface area contributed by atoms with Gasteiger partial charge in [0.05, 0.1) is 12.4 Å². The Hall–Kier alpha value is -2.02. The molecule has 1 aromatic carbocycles. The van der Waals surface area contributed by atoms with E-state index in [-0.39, 0.29) is 5.91 Å². The normalized spacial score (nSPS) is 13.7. The van der Waals surface area contributed by atoms with Crippen LogP contribution in [0.4, 0.5) is 0 Å². The number of nitrogens with one attached hydrogen (secondary N) is 1. The van der Waals surface area contributed by atoms with Crippen LogP contribution in [0.3, 0.4) is 0 Å². The first-order valence-corrected chi connectivity index (χ1v) is 9.70. The van der Waals surface area contributed by atoms with Crippen LogP contribution in [0, 0.1) is 0 Å². The zero-order chi connectivity index (χ0) is 17.6. The van der Waals surface area contributed by atoms with Crippen LogP contribution in [0.15, 0.2) is 29.4 Å². The van der Waals surface area contributed by atoms with Gasteiger partial charge < -0.3 is 14.6 Å². The number of unbranched alkanes of at least 4 members (excludes halogenated alkanes) is 1. The second kappa shape index (κ2) is 8.38. The summed E-state index contributed by atoms with van der Waals surface area (Å²) in [6.07, 6.45) is 4.38. The molecular weight excluding hydrogens is 336 g/mol. The molecule has 1 aliphatic rings. The minimum atomic E-state index is 0.0608. The zero-order valence-electron chi connectivity index (χ0n) is 14.7. The standard InChI is InChI=1S/C18H24N4O2S/c1-3-4-11-24-15-9-5-13(6-10-15)17-20-21-18(22(17)2)25-12-16(23)19-14-7-8-14/h5-6,9-10,14H,3-4,7-8,11-12H2,1-2H3,(H,19,23). The van der Waals surface area contributed by atoms with Gasteiger partial charge in [-0.15, -0.1) is 10.2 Å². The monoisotopic (exact) mass is 360 g/mol. The summed E-state index contributed by atoms with van der Waals surface area (Å²) in [5.41, 5.74) is 0.979. The average Bonchev–Trinajstić information content (AvgIpc) is 3.35. The van der Waals surface area contributed by atoms with Gasteiger partial charge >= 0.3 is 0 Å². The van der Waals surface area contributed by atoms with E-state index in [1.54, 1.807) is 0 Å². The summed E-state index contributed by atoms with van der Waals surface area (Å²) >= 11 is 1.41. The predicted molar refractivity (Wildman–Crippen MR) is 98.7 cm³/mol. The Morgan fingerprint density at radius 3 is 2.76 bits per heavy atom. The largest absolute Gasteiger partial charge is 0.494 e. The summed E-state index contributed by atoms with van der Waals surface area (Å²) in [6.45, 7) is 2.88. The van der Waals surface area contributed by atoms with Crippen molar-refractivity contribution in [3.63, 3.8) is 0 Å². The maximum atomic E-state index is 11.8. The number of carbonyl (C=O) groups excluding carboxylic acids is 1. The number of nitrogens with zero attached hydrogens (tertiary/aromatic N) is 3. The molecule has 0 unspecified atom stereocenters. The van der Waals surface area contributed by atoms with Gasteiger partial charge in [0.1, 0.15) is 5.75 Å². The molecule has 0 aliphatic heterocycles. The molecule has 1 fully saturated rings. The molecule has 3 rings (SSSR count). The van der Waals surface area contributed by atoms with Crippen LogP contribution < -0.4 is 10.1 Å². The maximum Gasteiger partial charge on any atom is 0.230 e. The summed E-state index contributed by atoms with van der Waals surface area (Å²) in [5.74, 6) is 2.08. The average molecular weight is 360 g/mol. The third-order valence-corrected chi connectivity index (χ3v) is 5.01. The fourth-order valence-electron chi connectivity index (χ4n) is 2.35. The molecule has 6 nitrogen and oxygen atoms in total. The highest BCUT2D eigenvalue weighted by Crippen LogP contribution is 2.25. The van der Waals surface area contributed by atoms with Gasteiger partial charge in [0, 0.05) is 18.7 Å². The lowest BCUT2D eigenvalue weighted by Gasteiger charge is -2.07. The Bertz CT molecular complexity index is 710. The van der Waals surface area contributed by atoms with Gasteiger partial charge in [-0.05, 0) is 43.5 Å². The van der Waals surface area contributed by atoms with E-state index in [1.807, 2.05) is 35.9 Å². The first-order chi connectivity index (χ1) is 12.2. The highest BCUT2D eigenvalue weighted by atomic mass is 32.2. The third-order valence-electron chi connectivity index (χ3n) is 3.99. The number of ether oxygens (including phenoxy) is 1. The van der Waals surface area contributed by atoms with Crippen molar-refractivity contribution < 1.29 is 9.53 Å². The molecule has 25 heavy (non-hydrogen) atoms. The van der Waals surface area contributed by atoms with Gasteiger partial charge in [-0.3, -0.25) is 4.79 Å². The zero-order valence-corrected chi connectivity index (χ0v) is 15.5. The van der Waals surface area contributed by atoms with Crippen LogP contribution in [0.5, 0.6) is 5.75 Å². The molecule has 1 aliphatic carbocycles. The van der Waals surface area contributed by atoms with E-state index in [0.29, 0.717) is 11.8 Å². The van der Waals surface area contributed by atoms with Gasteiger partial charge in [-0.1, -0.05) is 25.1 Å². The molecule has 0 atom stereocenters. The number of thioether (sulfide) groups is 1. The van der Waals surface area contributed by atoms with Gasteiger partial charge in [0.2, 0.25) is 5.91 Å². The Morgan fingerprint density at radius 2 is 2.08 bits per heavy atom. The topological polar surface area (TPSA) is 69.0 Å². The Labute approximate surface area is 152 Å². The summed E-state index contributed by atoms with van der Waals surface area (Å²) in [6, 6.07) is 8.27. The van der Waals surface area contributed by atoms with Crippen LogP contribution in [0.2, 0.25) is 0 Å². The molecule has 0 spiro atoms. The predicted octanol–water partition coefficient (Wildman–Crippen LogP) is 3.03. The fraction of sp³-hybridized carbons (Fsp3) is 0.500. The van der Waals surface area contributed by atoms with Crippen molar-refractivity contribution >= 4 is 17.7 Å². The summed E-state index contributed by atoms with van der Waals surface area (Å²) in [7, 11) is 1.92. The van der Waals surface area contributed by atoms with Crippen molar-refractivity contribution in [2.45, 2.75) is 43.8 Å². The molecule has 1 amide bonds. The van der Waals surface area contributed by atoms with Gasteiger partial charge in [0.25, 0.3) is 0 Å². The first kappa shape index (κ1) is 17.8. The Kier molecular flexibility index (Phi) is 5.96. The molecule has 1 saturated carbocycles. The van der Waals surface area contributed by atoms with Gasteiger partial charge in [-0.25, -0.2) is 0 Å². The van der Waals surface area contributed by atoms with Crippen LogP contribution in [0.1, 0.15) is 32.6 Å². The molecule has 0 saturated heterocycles. The smallest absolute Gasteiger partial charge is 0.230 e. The lowest BCUT2D eigenvalue weighted by Crippen LogP contribution is -2.27. The van der Waals surface area contributed by atoms with Crippen molar-refractivity contribution in [2.75, 3.05) is 12.4 Å². The van der Waals surface area contributed by atoms with E-state index in [1.165, 1.54) is 11.8 Å². The highest BCUT2D eigenvalue weighted by molar-refractivity contribution is 7.99. The van der Waals surface area contributed by atoms with Crippen LogP contribution >= 0.6 is 11.8 Å². The molecule has 2 aromatic rings. The van der Waals surface area contributed by atoms with Crippen molar-refractivity contribution in [1.82, 2.24) is 20.1 Å². The molecule has 1 heterocycles. The number of amides is 1. The van der Waals surface area contributed by atoms with Gasteiger partial charge in [0.15, 0.2) is 11.0 Å². The first-order valence-electron chi connectivity index (χ1n) is 8.72. The number of carbonyl (C=O) groups is 1. The van der Waals surface area contributed by atoms with E-state index < -0.39 is 0 Å². The lowest BCUT2D eigenvalue weighted by molar-refractivity contribution is -0.118. The quantitative estimate of drug-likeness (QED) is 0.550. The summed E-state index contributed by atoms with van der Waals surface area (Å²) < 4.78 is 7.60. The minimum absolute atomic E-state index is 0.0608. The molecule has 0 bridgehead atoms. The number of benzene rings is 1. The lowest BCUT2D eigenvalue weighted by atomic mass is 10.2. The molecule has 1 aromatic heterocycles. The fourth-order valence-corrected chi connectivity index (χ4v) is 3.08. The second-order valence-electron chi connectivity index (χ2n) is 6.22. The third kappa shape index (κ3) is 4.98.